The first kappa shape index (κ1) is 9.90. The molecule has 1 aliphatic carbocycles. The maximum atomic E-state index is 12.3. The van der Waals surface area contributed by atoms with E-state index in [0.717, 1.165) is 12.8 Å². The van der Waals surface area contributed by atoms with Crippen molar-refractivity contribution >= 4 is 5.91 Å². The Bertz CT molecular complexity index is 251. The van der Waals surface area contributed by atoms with Gasteiger partial charge in [-0.1, -0.05) is 13.8 Å². The van der Waals surface area contributed by atoms with Crippen molar-refractivity contribution in [3.05, 3.63) is 0 Å². The monoisotopic (exact) mass is 200 g/mol. The summed E-state index contributed by atoms with van der Waals surface area (Å²) in [4.78, 5) is 13.6. The van der Waals surface area contributed by atoms with Gasteiger partial charge in [-0.15, -0.1) is 0 Å². The van der Waals surface area contributed by atoms with E-state index in [9.17, 15) is 9.18 Å². The van der Waals surface area contributed by atoms with E-state index >= 15 is 0 Å². The fourth-order valence-corrected chi connectivity index (χ4v) is 2.17. The molecule has 0 aromatic heterocycles. The van der Waals surface area contributed by atoms with Gasteiger partial charge in [-0.05, 0) is 18.8 Å². The van der Waals surface area contributed by atoms with E-state index < -0.39 is 6.67 Å². The molecule has 2 aliphatic rings. The first-order valence-electron chi connectivity index (χ1n) is 5.25. The Morgan fingerprint density at radius 1 is 1.64 bits per heavy atom. The molecule has 1 N–H and O–H groups in total. The third kappa shape index (κ3) is 1.32. The molecule has 2 fully saturated rings. The minimum absolute atomic E-state index is 0.0285. The minimum atomic E-state index is -0.452. The fraction of sp³-hybridized carbons (Fsp3) is 0.900. The Balaban J connectivity index is 2.13. The summed E-state index contributed by atoms with van der Waals surface area (Å²) in [5.41, 5.74) is -0.301. The Hall–Kier alpha value is -0.640. The van der Waals surface area contributed by atoms with E-state index in [0.29, 0.717) is 5.92 Å². The lowest BCUT2D eigenvalue weighted by Crippen LogP contribution is -2.42. The third-order valence-corrected chi connectivity index (χ3v) is 3.14. The number of rotatable bonds is 3. The van der Waals surface area contributed by atoms with Crippen LogP contribution in [-0.4, -0.2) is 35.7 Å². The van der Waals surface area contributed by atoms with Gasteiger partial charge in [0.15, 0.2) is 0 Å². The van der Waals surface area contributed by atoms with Crippen LogP contribution in [0.25, 0.3) is 0 Å². The molecule has 1 aliphatic heterocycles. The van der Waals surface area contributed by atoms with E-state index in [1.165, 1.54) is 0 Å². The van der Waals surface area contributed by atoms with Crippen LogP contribution in [0.4, 0.5) is 4.39 Å². The van der Waals surface area contributed by atoms with E-state index in [-0.39, 0.29) is 24.2 Å². The van der Waals surface area contributed by atoms with Crippen LogP contribution >= 0.6 is 0 Å². The number of alkyl halides is 1. The standard InChI is InChI=1S/C10H17FN2O/c1-7(2)8-12-10(3-4-10)9(14)13(8)6-5-11/h7-8,12H,3-6H2,1-2H3. The zero-order valence-corrected chi connectivity index (χ0v) is 8.72. The van der Waals surface area contributed by atoms with Gasteiger partial charge in [0.05, 0.1) is 18.2 Å². The van der Waals surface area contributed by atoms with Crippen molar-refractivity contribution in [2.45, 2.75) is 38.4 Å². The summed E-state index contributed by atoms with van der Waals surface area (Å²) in [6.45, 7) is 3.89. The minimum Gasteiger partial charge on any atom is -0.323 e. The molecule has 1 unspecified atom stereocenters. The zero-order valence-electron chi connectivity index (χ0n) is 8.72. The predicted octanol–water partition coefficient (Wildman–Crippen LogP) is 0.902. The molecule has 1 saturated carbocycles. The van der Waals surface area contributed by atoms with Gasteiger partial charge in [0, 0.05) is 0 Å². The lowest BCUT2D eigenvalue weighted by molar-refractivity contribution is -0.131. The smallest absolute Gasteiger partial charge is 0.244 e. The van der Waals surface area contributed by atoms with Crippen LogP contribution in [0.5, 0.6) is 0 Å². The number of hydrogen-bond acceptors (Lipinski definition) is 2. The third-order valence-electron chi connectivity index (χ3n) is 3.14. The molecule has 0 aromatic carbocycles. The number of amides is 1. The molecule has 1 saturated heterocycles. The van der Waals surface area contributed by atoms with Crippen LogP contribution < -0.4 is 5.32 Å². The summed E-state index contributed by atoms with van der Waals surface area (Å²) in [5.74, 6) is 0.444. The van der Waals surface area contributed by atoms with Crippen LogP contribution in [0.2, 0.25) is 0 Å². The van der Waals surface area contributed by atoms with Crippen LogP contribution in [0, 0.1) is 5.92 Å². The topological polar surface area (TPSA) is 32.3 Å². The summed E-state index contributed by atoms with van der Waals surface area (Å²) in [6, 6.07) is 0. The molecule has 0 bridgehead atoms. The highest BCUT2D eigenvalue weighted by atomic mass is 19.1. The molecule has 1 spiro atoms. The van der Waals surface area contributed by atoms with Gasteiger partial charge in [0.2, 0.25) is 5.91 Å². The van der Waals surface area contributed by atoms with Crippen molar-refractivity contribution in [3.8, 4) is 0 Å². The van der Waals surface area contributed by atoms with Gasteiger partial charge in [-0.3, -0.25) is 10.1 Å². The Labute approximate surface area is 83.6 Å². The maximum Gasteiger partial charge on any atom is 0.244 e. The molecule has 2 rings (SSSR count). The molecular formula is C10H17FN2O. The van der Waals surface area contributed by atoms with Gasteiger partial charge in [0.25, 0.3) is 0 Å². The summed E-state index contributed by atoms with van der Waals surface area (Å²) in [5, 5.41) is 3.34. The van der Waals surface area contributed by atoms with Gasteiger partial charge in [-0.2, -0.15) is 0 Å². The highest BCUT2D eigenvalue weighted by Gasteiger charge is 2.59. The Morgan fingerprint density at radius 2 is 2.29 bits per heavy atom. The van der Waals surface area contributed by atoms with Crippen molar-refractivity contribution in [2.24, 2.45) is 5.92 Å². The van der Waals surface area contributed by atoms with Crippen LogP contribution in [0.15, 0.2) is 0 Å². The second-order valence-corrected chi connectivity index (χ2v) is 4.60. The average molecular weight is 200 g/mol. The SMILES string of the molecule is CC(C)C1NC2(CC2)C(=O)N1CCF. The molecule has 4 heteroatoms. The molecule has 3 nitrogen and oxygen atoms in total. The number of carbonyl (C=O) groups excluding carboxylic acids is 1. The Morgan fingerprint density at radius 3 is 2.71 bits per heavy atom. The summed E-state index contributed by atoms with van der Waals surface area (Å²) < 4.78 is 12.3. The van der Waals surface area contributed by atoms with E-state index in [1.807, 2.05) is 0 Å². The fourth-order valence-electron chi connectivity index (χ4n) is 2.17. The van der Waals surface area contributed by atoms with Crippen molar-refractivity contribution in [2.75, 3.05) is 13.2 Å². The van der Waals surface area contributed by atoms with Gasteiger partial charge in [-0.25, -0.2) is 4.39 Å². The highest BCUT2D eigenvalue weighted by Crippen LogP contribution is 2.43. The first-order chi connectivity index (χ1) is 6.60. The lowest BCUT2D eigenvalue weighted by atomic mass is 10.1. The van der Waals surface area contributed by atoms with E-state index in [4.69, 9.17) is 0 Å². The predicted molar refractivity (Wildman–Crippen MR) is 51.4 cm³/mol. The van der Waals surface area contributed by atoms with Crippen LogP contribution in [0.3, 0.4) is 0 Å². The summed E-state index contributed by atoms with van der Waals surface area (Å²) >= 11 is 0. The normalized spacial score (nSPS) is 29.3. The maximum absolute atomic E-state index is 12.3. The number of nitrogens with zero attached hydrogens (tertiary/aromatic N) is 1. The summed E-state index contributed by atoms with van der Waals surface area (Å²) in [7, 11) is 0. The molecule has 0 aromatic rings. The second-order valence-electron chi connectivity index (χ2n) is 4.60. The molecular weight excluding hydrogens is 183 g/mol. The Kier molecular flexibility index (Phi) is 2.26. The molecule has 80 valence electrons. The highest BCUT2D eigenvalue weighted by molar-refractivity contribution is 5.91. The molecule has 14 heavy (non-hydrogen) atoms. The lowest BCUT2D eigenvalue weighted by Gasteiger charge is -2.25. The molecule has 1 atom stereocenters. The molecule has 1 amide bonds. The van der Waals surface area contributed by atoms with Crippen LogP contribution in [0.1, 0.15) is 26.7 Å². The zero-order chi connectivity index (χ0) is 10.3. The quantitative estimate of drug-likeness (QED) is 0.734. The number of carbonyl (C=O) groups is 1. The van der Waals surface area contributed by atoms with Crippen molar-refractivity contribution in [3.63, 3.8) is 0 Å². The van der Waals surface area contributed by atoms with Gasteiger partial charge in [0.1, 0.15) is 6.67 Å². The number of hydrogen-bond donors (Lipinski definition) is 1. The first-order valence-corrected chi connectivity index (χ1v) is 5.25. The second kappa shape index (κ2) is 3.19. The number of nitrogens with one attached hydrogen (secondary N) is 1. The number of halogens is 1. The summed E-state index contributed by atoms with van der Waals surface area (Å²) in [6.07, 6.45) is 1.86. The van der Waals surface area contributed by atoms with Gasteiger partial charge >= 0.3 is 0 Å². The van der Waals surface area contributed by atoms with Crippen molar-refractivity contribution in [1.29, 1.82) is 0 Å². The van der Waals surface area contributed by atoms with Gasteiger partial charge < -0.3 is 4.90 Å². The van der Waals surface area contributed by atoms with E-state index in [1.54, 1.807) is 4.90 Å². The molecule has 0 radical (unpaired) electrons. The van der Waals surface area contributed by atoms with Crippen molar-refractivity contribution < 1.29 is 9.18 Å². The average Bonchev–Trinajstić information content (AvgIpc) is 2.85. The van der Waals surface area contributed by atoms with Crippen molar-refractivity contribution in [1.82, 2.24) is 10.2 Å². The van der Waals surface area contributed by atoms with Crippen LogP contribution in [-0.2, 0) is 4.79 Å². The largest absolute Gasteiger partial charge is 0.323 e. The molecule has 1 heterocycles. The van der Waals surface area contributed by atoms with E-state index in [2.05, 4.69) is 19.2 Å².